The number of aromatic carboxylic acids is 1. The average molecular weight is 266 g/mol. The van der Waals surface area contributed by atoms with Crippen molar-refractivity contribution in [1.82, 2.24) is 9.78 Å². The van der Waals surface area contributed by atoms with E-state index in [1.165, 1.54) is 36.0 Å². The van der Waals surface area contributed by atoms with Gasteiger partial charge >= 0.3 is 5.97 Å². The van der Waals surface area contributed by atoms with Crippen LogP contribution in [0.25, 0.3) is 11.3 Å². The Morgan fingerprint density at radius 1 is 1.37 bits per heavy atom. The highest BCUT2D eigenvalue weighted by Gasteiger charge is 2.28. The number of hydrogen-bond acceptors (Lipinski definition) is 2. The van der Waals surface area contributed by atoms with Crippen LogP contribution in [0.15, 0.2) is 30.3 Å². The Bertz CT molecular complexity index is 630. The number of carboxylic acid groups (broad SMARTS) is 1. The molecule has 2 rings (SSSR count). The van der Waals surface area contributed by atoms with E-state index in [0.717, 1.165) is 6.92 Å². The molecule has 1 N–H and O–H groups in total. The smallest absolute Gasteiger partial charge is 0.356 e. The van der Waals surface area contributed by atoms with Crippen LogP contribution >= 0.6 is 0 Å². The van der Waals surface area contributed by atoms with E-state index in [0.29, 0.717) is 5.69 Å². The van der Waals surface area contributed by atoms with Crippen molar-refractivity contribution in [1.29, 1.82) is 0 Å². The van der Waals surface area contributed by atoms with Crippen LogP contribution in [-0.2, 0) is 13.0 Å². The number of aryl methyl sites for hydroxylation is 1. The highest BCUT2D eigenvalue weighted by molar-refractivity contribution is 5.87. The molecule has 0 amide bonds. The number of aromatic nitrogens is 2. The lowest BCUT2D eigenvalue weighted by Crippen LogP contribution is -2.09. The van der Waals surface area contributed by atoms with E-state index in [9.17, 15) is 13.6 Å². The summed E-state index contributed by atoms with van der Waals surface area (Å²) >= 11 is 0. The zero-order valence-corrected chi connectivity index (χ0v) is 10.4. The van der Waals surface area contributed by atoms with Crippen LogP contribution in [-0.4, -0.2) is 20.9 Å². The molecule has 0 aliphatic rings. The number of carbonyl (C=O) groups is 1. The predicted octanol–water partition coefficient (Wildman–Crippen LogP) is 2.90. The molecule has 0 fully saturated rings. The topological polar surface area (TPSA) is 55.1 Å². The van der Waals surface area contributed by atoms with Gasteiger partial charge in [-0.15, -0.1) is 0 Å². The maximum Gasteiger partial charge on any atom is 0.356 e. The summed E-state index contributed by atoms with van der Waals surface area (Å²) in [7, 11) is 1.52. The molecule has 0 aliphatic heterocycles. The van der Waals surface area contributed by atoms with Gasteiger partial charge in [0, 0.05) is 25.1 Å². The van der Waals surface area contributed by atoms with E-state index in [2.05, 4.69) is 5.10 Å². The minimum absolute atomic E-state index is 0.157. The molecular formula is C13H12F2N2O2. The van der Waals surface area contributed by atoms with E-state index >= 15 is 0 Å². The highest BCUT2D eigenvalue weighted by atomic mass is 19.3. The molecular weight excluding hydrogens is 254 g/mol. The van der Waals surface area contributed by atoms with E-state index in [1.54, 1.807) is 6.07 Å². The van der Waals surface area contributed by atoms with Gasteiger partial charge in [0.2, 0.25) is 0 Å². The summed E-state index contributed by atoms with van der Waals surface area (Å²) in [5.41, 5.74) is 0.286. The zero-order chi connectivity index (χ0) is 14.2. The molecule has 6 heteroatoms. The third-order valence-corrected chi connectivity index (χ3v) is 2.77. The normalized spacial score (nSPS) is 11.6. The van der Waals surface area contributed by atoms with Gasteiger partial charge < -0.3 is 5.11 Å². The fourth-order valence-corrected chi connectivity index (χ4v) is 1.91. The van der Waals surface area contributed by atoms with Crippen molar-refractivity contribution in [2.75, 3.05) is 0 Å². The Balaban J connectivity index is 2.63. The van der Waals surface area contributed by atoms with Gasteiger partial charge in [0.15, 0.2) is 5.69 Å². The van der Waals surface area contributed by atoms with Crippen LogP contribution in [0, 0.1) is 0 Å². The highest BCUT2D eigenvalue weighted by Crippen LogP contribution is 2.35. The van der Waals surface area contributed by atoms with Crippen LogP contribution < -0.4 is 0 Å². The number of rotatable bonds is 3. The molecule has 0 saturated carbocycles. The summed E-state index contributed by atoms with van der Waals surface area (Å²) in [4.78, 5) is 10.9. The Morgan fingerprint density at radius 2 is 2.00 bits per heavy atom. The number of carboxylic acids is 1. The second kappa shape index (κ2) is 4.46. The monoisotopic (exact) mass is 266 g/mol. The lowest BCUT2D eigenvalue weighted by molar-refractivity contribution is 0.0180. The Morgan fingerprint density at radius 3 is 2.53 bits per heavy atom. The molecule has 0 unspecified atom stereocenters. The fraction of sp³-hybridized carbons (Fsp3) is 0.231. The van der Waals surface area contributed by atoms with Crippen LogP contribution in [0.1, 0.15) is 23.0 Å². The van der Waals surface area contributed by atoms with Gasteiger partial charge in [0.05, 0.1) is 5.69 Å². The first-order chi connectivity index (χ1) is 8.80. The molecule has 1 heterocycles. The van der Waals surface area contributed by atoms with Crippen LogP contribution in [0.4, 0.5) is 8.78 Å². The van der Waals surface area contributed by atoms with Crippen LogP contribution in [0.5, 0.6) is 0 Å². The quantitative estimate of drug-likeness (QED) is 0.929. The van der Waals surface area contributed by atoms with Gasteiger partial charge in [0.1, 0.15) is 0 Å². The van der Waals surface area contributed by atoms with E-state index < -0.39 is 11.9 Å². The Hall–Kier alpha value is -2.24. The molecule has 0 bridgehead atoms. The molecule has 0 saturated heterocycles. The van der Waals surface area contributed by atoms with Crippen LogP contribution in [0.2, 0.25) is 0 Å². The number of hydrogen-bond donors (Lipinski definition) is 1. The first kappa shape index (κ1) is 13.2. The third kappa shape index (κ3) is 2.47. The van der Waals surface area contributed by atoms with E-state index in [1.807, 2.05) is 0 Å². The Labute approximate surface area is 108 Å². The first-order valence-corrected chi connectivity index (χ1v) is 5.55. The molecule has 0 aliphatic carbocycles. The molecule has 0 radical (unpaired) electrons. The average Bonchev–Trinajstić information content (AvgIpc) is 2.70. The number of alkyl halides is 2. The second-order valence-electron chi connectivity index (χ2n) is 4.28. The molecule has 2 aromatic rings. The summed E-state index contributed by atoms with van der Waals surface area (Å²) in [6.45, 7) is 0.806. The first-order valence-electron chi connectivity index (χ1n) is 5.55. The van der Waals surface area contributed by atoms with Crippen molar-refractivity contribution < 1.29 is 18.7 Å². The summed E-state index contributed by atoms with van der Waals surface area (Å²) in [5, 5.41) is 12.7. The summed E-state index contributed by atoms with van der Waals surface area (Å²) in [6.07, 6.45) is 0. The fourth-order valence-electron chi connectivity index (χ4n) is 1.91. The summed E-state index contributed by atoms with van der Waals surface area (Å²) in [5.74, 6) is -4.20. The van der Waals surface area contributed by atoms with Gasteiger partial charge in [-0.3, -0.25) is 4.68 Å². The molecule has 1 aromatic carbocycles. The van der Waals surface area contributed by atoms with Gasteiger partial charge in [-0.05, 0) is 6.07 Å². The van der Waals surface area contributed by atoms with Gasteiger partial charge in [-0.2, -0.15) is 5.10 Å². The van der Waals surface area contributed by atoms with E-state index in [4.69, 9.17) is 5.11 Å². The Kier molecular flexibility index (Phi) is 3.09. The summed E-state index contributed by atoms with van der Waals surface area (Å²) < 4.78 is 28.4. The molecule has 0 atom stereocenters. The van der Waals surface area contributed by atoms with Gasteiger partial charge in [-0.25, -0.2) is 13.6 Å². The van der Waals surface area contributed by atoms with Crippen molar-refractivity contribution in [2.45, 2.75) is 12.8 Å². The minimum Gasteiger partial charge on any atom is -0.476 e. The standard InChI is InChI=1S/C13H12F2N2O2/c1-13(14,15)9-6-4-3-5-8(9)11-7-10(12(18)19)16-17(11)2/h3-7H,1-2H3,(H,18,19). The minimum atomic E-state index is -3.01. The number of nitrogens with zero attached hydrogens (tertiary/aromatic N) is 2. The zero-order valence-electron chi connectivity index (χ0n) is 10.4. The lowest BCUT2D eigenvalue weighted by atomic mass is 10.00. The second-order valence-corrected chi connectivity index (χ2v) is 4.28. The molecule has 19 heavy (non-hydrogen) atoms. The SMILES string of the molecule is Cn1nc(C(=O)O)cc1-c1ccccc1C(C)(F)F. The largest absolute Gasteiger partial charge is 0.476 e. The number of benzene rings is 1. The molecule has 100 valence electrons. The van der Waals surface area contributed by atoms with Crippen molar-refractivity contribution in [3.8, 4) is 11.3 Å². The molecule has 0 spiro atoms. The molecule has 1 aromatic heterocycles. The third-order valence-electron chi connectivity index (χ3n) is 2.77. The predicted molar refractivity (Wildman–Crippen MR) is 65.2 cm³/mol. The van der Waals surface area contributed by atoms with Gasteiger partial charge in [0.25, 0.3) is 5.92 Å². The van der Waals surface area contributed by atoms with Crippen molar-refractivity contribution in [3.05, 3.63) is 41.6 Å². The summed E-state index contributed by atoms with van der Waals surface area (Å²) in [6, 6.07) is 7.27. The lowest BCUT2D eigenvalue weighted by Gasteiger charge is -2.15. The maximum absolute atomic E-state index is 13.6. The van der Waals surface area contributed by atoms with Crippen LogP contribution in [0.3, 0.4) is 0 Å². The van der Waals surface area contributed by atoms with Crippen molar-refractivity contribution in [3.63, 3.8) is 0 Å². The van der Waals surface area contributed by atoms with E-state index in [-0.39, 0.29) is 16.8 Å². The maximum atomic E-state index is 13.6. The van der Waals surface area contributed by atoms with Crippen molar-refractivity contribution in [2.24, 2.45) is 7.05 Å². The van der Waals surface area contributed by atoms with Gasteiger partial charge in [-0.1, -0.05) is 24.3 Å². The molecule has 4 nitrogen and oxygen atoms in total. The van der Waals surface area contributed by atoms with Crippen molar-refractivity contribution >= 4 is 5.97 Å². The number of halogens is 2.